The van der Waals surface area contributed by atoms with Crippen LogP contribution in [-0.4, -0.2) is 31.8 Å². The van der Waals surface area contributed by atoms with Crippen molar-refractivity contribution in [3.05, 3.63) is 251 Å². The zero-order chi connectivity index (χ0) is 61.9. The average Bonchev–Trinajstić information content (AvgIpc) is 1.48. The smallest absolute Gasteiger partial charge is 0.333 e. The van der Waals surface area contributed by atoms with Crippen molar-refractivity contribution in [2.45, 2.75) is 103 Å². The van der Waals surface area contributed by atoms with Gasteiger partial charge < -0.3 is 18.1 Å². The van der Waals surface area contributed by atoms with Gasteiger partial charge in [0.25, 0.3) is 0 Å². The van der Waals surface area contributed by atoms with Crippen molar-refractivity contribution in [2.75, 3.05) is 0 Å². The normalized spacial score (nSPS) is 15.8. The number of para-hydroxylation sites is 4. The Bertz CT molecular complexity index is 5930. The number of hydrogen-bond acceptors (Lipinski definition) is 0. The number of nitrogens with zero attached hydrogens (tertiary/aromatic N) is 4. The van der Waals surface area contributed by atoms with Crippen LogP contribution < -0.4 is 21.9 Å². The lowest BCUT2D eigenvalue weighted by Gasteiger charge is -2.34. The van der Waals surface area contributed by atoms with Gasteiger partial charge in [-0.1, -0.05) is 170 Å². The quantitative estimate of drug-likeness (QED) is 0.157. The molecule has 12 aromatic carbocycles. The van der Waals surface area contributed by atoms with Gasteiger partial charge >= 0.3 is 13.7 Å². The summed E-state index contributed by atoms with van der Waals surface area (Å²) in [5.41, 5.74) is 46.9. The van der Waals surface area contributed by atoms with Gasteiger partial charge in [-0.3, -0.25) is 0 Å². The van der Waals surface area contributed by atoms with Crippen molar-refractivity contribution in [2.24, 2.45) is 0 Å². The fourth-order valence-corrected chi connectivity index (χ4v) is 21.1. The van der Waals surface area contributed by atoms with Gasteiger partial charge in [0.05, 0.1) is 33.1 Å². The molecule has 0 saturated carbocycles. The second kappa shape index (κ2) is 18.8. The summed E-state index contributed by atoms with van der Waals surface area (Å²) in [7, 11) is 0. The van der Waals surface area contributed by atoms with Crippen LogP contribution in [0.2, 0.25) is 0 Å². The van der Waals surface area contributed by atoms with E-state index < -0.39 is 0 Å². The summed E-state index contributed by atoms with van der Waals surface area (Å²) in [6.07, 6.45) is 19.5. The molecule has 0 amide bonds. The first-order valence-electron chi connectivity index (χ1n) is 36.2. The van der Waals surface area contributed by atoms with Crippen LogP contribution in [0.1, 0.15) is 95.9 Å². The third-order valence-corrected chi connectivity index (χ3v) is 25.2. The van der Waals surface area contributed by atoms with Gasteiger partial charge in [-0.05, 0) is 261 Å². The van der Waals surface area contributed by atoms with Gasteiger partial charge in [0, 0.05) is 65.9 Å². The first kappa shape index (κ1) is 52.0. The van der Waals surface area contributed by atoms with Crippen LogP contribution >= 0.6 is 0 Å². The van der Waals surface area contributed by atoms with Crippen LogP contribution in [-0.2, 0) is 51.4 Å². The fraction of sp³-hybridized carbons (Fsp3) is 0.178. The molecular weight excluding hydrogens is 1160 g/mol. The summed E-state index contributed by atoms with van der Waals surface area (Å²) in [5, 5.41) is 8.04. The first-order valence-corrected chi connectivity index (χ1v) is 36.2. The standard InChI is InChI=1S/C90H66B2N4/c1-5-19-55-43-59(39-35-51(55)15-1)63-47-73(61-41-37-53-17-3-7-21-57(53)45-61)81-69-27-11-31-75-87(69)93(79(81)49-63)77-33-13-23-65-67-25-9-29-71-85(67)95(91(75)83(65)77)89-72-30-10-26-68-66-24-14-34-78-84(66)92(96(86(68)72)90(71)89)76-32-12-28-70-82-74(62-42-38-54-18-4-8-22-58(54)46-62)48-64(50-80(82)94(78)88(70)76)60-40-36-52-16-2-6-20-56(52)44-60/h9-14,23-50H,1-8,15-22H2. The Balaban J connectivity index is 0.774. The Morgan fingerprint density at radius 1 is 0.240 bits per heavy atom. The van der Waals surface area contributed by atoms with Crippen molar-refractivity contribution in [3.63, 3.8) is 0 Å². The summed E-state index contributed by atoms with van der Waals surface area (Å²) in [6.45, 7) is -0.159. The summed E-state index contributed by atoms with van der Waals surface area (Å²) >= 11 is 0. The van der Waals surface area contributed by atoms with Gasteiger partial charge in [0.1, 0.15) is 0 Å². The van der Waals surface area contributed by atoms with Crippen molar-refractivity contribution < 1.29 is 0 Å². The maximum atomic E-state index is 2.86. The van der Waals surface area contributed by atoms with Crippen LogP contribution in [0.25, 0.3) is 155 Å². The SMILES string of the molecule is c1cc2c3c(c1)-n1c4cc(-c5ccc6c(c5)CCCC6)cc(-c5ccc6c(c5)CCCC6)c4c4cccc(c41)B3n1c3c-2cccc3c2c1c1cccc3c1n2B1c2c-3cccc2-n2c3cc(-c4ccc5c(c4)CCCC5)cc(-c4ccc5c(c4)CCCC5)c3c3cccc1c32. The Labute approximate surface area is 558 Å². The van der Waals surface area contributed by atoms with E-state index in [4.69, 9.17) is 0 Å². The summed E-state index contributed by atoms with van der Waals surface area (Å²) < 4.78 is 11.1. The molecule has 0 saturated heterocycles. The molecule has 6 heteroatoms. The highest BCUT2D eigenvalue weighted by Gasteiger charge is 2.47. The van der Waals surface area contributed by atoms with E-state index >= 15 is 0 Å². The van der Waals surface area contributed by atoms with E-state index in [1.165, 1.54) is 298 Å². The van der Waals surface area contributed by atoms with Crippen LogP contribution in [0.5, 0.6) is 0 Å². The number of benzene rings is 12. The third-order valence-electron chi connectivity index (χ3n) is 25.2. The maximum absolute atomic E-state index is 2.86. The molecule has 4 nitrogen and oxygen atoms in total. The Hall–Kier alpha value is -10.3. The third kappa shape index (κ3) is 6.64. The average molecular weight is 1230 g/mol. The highest BCUT2D eigenvalue weighted by atomic mass is 15.1. The van der Waals surface area contributed by atoms with Crippen LogP contribution in [0.3, 0.4) is 0 Å². The lowest BCUT2D eigenvalue weighted by atomic mass is 9.45. The highest BCUT2D eigenvalue weighted by molar-refractivity contribution is 6.92. The molecule has 0 unspecified atom stereocenters. The molecule has 16 aromatic rings. The van der Waals surface area contributed by atoms with Crippen molar-refractivity contribution in [1.29, 1.82) is 0 Å². The second-order valence-electron chi connectivity index (χ2n) is 29.9. The minimum atomic E-state index is -0.0797. The first-order chi connectivity index (χ1) is 47.6. The monoisotopic (exact) mass is 1220 g/mol. The fourth-order valence-electron chi connectivity index (χ4n) is 21.1. The number of fused-ring (bicyclic) bond motifs is 23. The lowest BCUT2D eigenvalue weighted by molar-refractivity contribution is 0.686. The molecule has 4 aromatic heterocycles. The second-order valence-corrected chi connectivity index (χ2v) is 29.9. The van der Waals surface area contributed by atoms with Gasteiger partial charge in [-0.25, -0.2) is 0 Å². The zero-order valence-electron chi connectivity index (χ0n) is 53.9. The maximum Gasteiger partial charge on any atom is 0.333 e. The van der Waals surface area contributed by atoms with E-state index in [-0.39, 0.29) is 13.7 Å². The molecule has 4 aliphatic carbocycles. The molecular formula is C90H66B2N4. The van der Waals surface area contributed by atoms with E-state index in [1.54, 1.807) is 0 Å². The molecule has 8 heterocycles. The molecule has 0 fully saturated rings. The molecule has 8 aliphatic rings. The van der Waals surface area contributed by atoms with E-state index in [1.807, 2.05) is 0 Å². The van der Waals surface area contributed by atoms with Gasteiger partial charge in [-0.15, -0.1) is 0 Å². The molecule has 24 rings (SSSR count). The molecule has 0 bridgehead atoms. The molecule has 96 heavy (non-hydrogen) atoms. The van der Waals surface area contributed by atoms with Gasteiger partial charge in [-0.2, -0.15) is 0 Å². The zero-order valence-corrected chi connectivity index (χ0v) is 53.9. The largest absolute Gasteiger partial charge is 0.374 e. The Morgan fingerprint density at radius 3 is 1.00 bits per heavy atom. The number of aryl methyl sites for hydroxylation is 8. The highest BCUT2D eigenvalue weighted by Crippen LogP contribution is 2.52. The predicted octanol–water partition coefficient (Wildman–Crippen LogP) is 19.0. The number of rotatable bonds is 4. The van der Waals surface area contributed by atoms with Crippen LogP contribution in [0.15, 0.2) is 206 Å². The molecule has 0 spiro atoms. The van der Waals surface area contributed by atoms with E-state index in [0.717, 1.165) is 25.7 Å². The van der Waals surface area contributed by atoms with Crippen molar-refractivity contribution >= 4 is 112 Å². The van der Waals surface area contributed by atoms with E-state index in [0.29, 0.717) is 0 Å². The van der Waals surface area contributed by atoms with Crippen molar-refractivity contribution in [1.82, 2.24) is 18.1 Å². The predicted molar refractivity (Wildman–Crippen MR) is 404 cm³/mol. The summed E-state index contributed by atoms with van der Waals surface area (Å²) in [5.74, 6) is 0. The molecule has 0 radical (unpaired) electrons. The summed E-state index contributed by atoms with van der Waals surface area (Å²) in [4.78, 5) is 0. The number of aromatic nitrogens is 4. The van der Waals surface area contributed by atoms with E-state index in [9.17, 15) is 0 Å². The van der Waals surface area contributed by atoms with Crippen LogP contribution in [0.4, 0.5) is 0 Å². The summed E-state index contributed by atoms with van der Waals surface area (Å²) in [6, 6.07) is 83.9. The van der Waals surface area contributed by atoms with Gasteiger partial charge in [0.15, 0.2) is 0 Å². The molecule has 0 N–H and O–H groups in total. The Morgan fingerprint density at radius 2 is 0.583 bits per heavy atom. The van der Waals surface area contributed by atoms with Crippen LogP contribution in [0, 0.1) is 0 Å². The minimum absolute atomic E-state index is 0.0797. The minimum Gasteiger partial charge on any atom is -0.374 e. The number of hydrogen-bond donors (Lipinski definition) is 0. The van der Waals surface area contributed by atoms with Gasteiger partial charge in [0.2, 0.25) is 0 Å². The molecule has 0 atom stereocenters. The van der Waals surface area contributed by atoms with E-state index in [2.05, 4.69) is 224 Å². The van der Waals surface area contributed by atoms with Crippen molar-refractivity contribution in [3.8, 4) is 78.1 Å². The topological polar surface area (TPSA) is 19.7 Å². The molecule has 4 aliphatic heterocycles. The Kier molecular flexibility index (Phi) is 10.2. The lowest BCUT2D eigenvalue weighted by Crippen LogP contribution is -2.55. The molecule has 452 valence electrons.